The maximum Gasteiger partial charge on any atom is 0.407 e. The molecule has 2 fully saturated rings. The van der Waals surface area contributed by atoms with Crippen molar-refractivity contribution in [2.75, 3.05) is 0 Å². The second-order valence-corrected chi connectivity index (χ2v) is 8.50. The van der Waals surface area contributed by atoms with E-state index >= 15 is 0 Å². The van der Waals surface area contributed by atoms with E-state index in [1.165, 1.54) is 5.56 Å². The van der Waals surface area contributed by atoms with Crippen molar-refractivity contribution in [2.24, 2.45) is 5.41 Å². The molecule has 2 N–H and O–H groups in total. The highest BCUT2D eigenvalue weighted by Crippen LogP contribution is 2.63. The van der Waals surface area contributed by atoms with Gasteiger partial charge in [-0.25, -0.2) is 4.79 Å². The van der Waals surface area contributed by atoms with Crippen molar-refractivity contribution >= 4 is 6.09 Å². The molecule has 0 unspecified atom stereocenters. The summed E-state index contributed by atoms with van der Waals surface area (Å²) >= 11 is 0. The molecule has 0 aromatic heterocycles. The largest absolute Gasteiger partial charge is 0.444 e. The summed E-state index contributed by atoms with van der Waals surface area (Å²) in [5.74, 6) is 0. The van der Waals surface area contributed by atoms with E-state index in [0.717, 1.165) is 31.2 Å². The van der Waals surface area contributed by atoms with Crippen molar-refractivity contribution in [3.05, 3.63) is 35.4 Å². The van der Waals surface area contributed by atoms with E-state index < -0.39 is 11.2 Å². The second-order valence-electron chi connectivity index (χ2n) is 8.50. The van der Waals surface area contributed by atoms with Gasteiger partial charge in [0.1, 0.15) is 5.60 Å². The third kappa shape index (κ3) is 3.37. The zero-order chi connectivity index (χ0) is 16.9. The van der Waals surface area contributed by atoms with Crippen LogP contribution >= 0.6 is 0 Å². The third-order valence-electron chi connectivity index (χ3n) is 5.00. The number of alkyl carbamates (subject to hydrolysis) is 1. The van der Waals surface area contributed by atoms with Crippen LogP contribution in [0.25, 0.3) is 0 Å². The summed E-state index contributed by atoms with van der Waals surface area (Å²) in [7, 11) is 0. The van der Waals surface area contributed by atoms with Crippen LogP contribution < -0.4 is 5.32 Å². The molecule has 23 heavy (non-hydrogen) atoms. The fraction of sp³-hybridized carbons (Fsp3) is 0.632. The normalized spacial score (nSPS) is 32.8. The summed E-state index contributed by atoms with van der Waals surface area (Å²) in [6.45, 7) is 7.64. The molecule has 2 aliphatic rings. The minimum atomic E-state index is -0.690. The van der Waals surface area contributed by atoms with Crippen LogP contribution in [-0.4, -0.2) is 22.8 Å². The smallest absolute Gasteiger partial charge is 0.407 e. The Bertz CT molecular complexity index is 586. The van der Waals surface area contributed by atoms with Gasteiger partial charge in [0.05, 0.1) is 5.60 Å². The van der Waals surface area contributed by atoms with Crippen LogP contribution in [0.4, 0.5) is 4.79 Å². The van der Waals surface area contributed by atoms with Crippen LogP contribution in [0.2, 0.25) is 0 Å². The SMILES string of the molecule is Cc1ccc(C2(O)CC3(CC(NC(=O)OC(C)(C)C)C3)C2)cc1. The van der Waals surface area contributed by atoms with Crippen LogP contribution in [0.1, 0.15) is 57.6 Å². The van der Waals surface area contributed by atoms with Gasteiger partial charge in [-0.05, 0) is 64.4 Å². The number of ether oxygens (including phenoxy) is 1. The van der Waals surface area contributed by atoms with Gasteiger partial charge in [-0.3, -0.25) is 0 Å². The lowest BCUT2D eigenvalue weighted by atomic mass is 9.47. The summed E-state index contributed by atoms with van der Waals surface area (Å²) in [5, 5.41) is 13.7. The Balaban J connectivity index is 1.49. The van der Waals surface area contributed by atoms with Gasteiger partial charge >= 0.3 is 6.09 Å². The van der Waals surface area contributed by atoms with Crippen LogP contribution in [0, 0.1) is 12.3 Å². The highest BCUT2D eigenvalue weighted by molar-refractivity contribution is 5.68. The quantitative estimate of drug-likeness (QED) is 0.875. The molecule has 126 valence electrons. The van der Waals surface area contributed by atoms with Gasteiger partial charge in [0, 0.05) is 6.04 Å². The molecule has 4 heteroatoms. The summed E-state index contributed by atoms with van der Waals surface area (Å²) in [4.78, 5) is 11.8. The predicted octanol–water partition coefficient (Wildman–Crippen LogP) is 3.65. The van der Waals surface area contributed by atoms with Gasteiger partial charge in [-0.15, -0.1) is 0 Å². The minimum Gasteiger partial charge on any atom is -0.444 e. The summed E-state index contributed by atoms with van der Waals surface area (Å²) in [5.41, 5.74) is 1.26. The van der Waals surface area contributed by atoms with E-state index in [2.05, 4.69) is 12.2 Å². The Morgan fingerprint density at radius 3 is 2.30 bits per heavy atom. The van der Waals surface area contributed by atoms with Crippen molar-refractivity contribution in [3.8, 4) is 0 Å². The zero-order valence-corrected chi connectivity index (χ0v) is 14.5. The Hall–Kier alpha value is -1.55. The Kier molecular flexibility index (Phi) is 3.71. The minimum absolute atomic E-state index is 0.174. The first-order chi connectivity index (χ1) is 10.6. The molecule has 0 atom stereocenters. The van der Waals surface area contributed by atoms with E-state index in [-0.39, 0.29) is 17.6 Å². The van der Waals surface area contributed by atoms with Gasteiger partial charge in [0.15, 0.2) is 0 Å². The number of nitrogens with one attached hydrogen (secondary N) is 1. The van der Waals surface area contributed by atoms with Gasteiger partial charge in [0.2, 0.25) is 0 Å². The summed E-state index contributed by atoms with van der Waals surface area (Å²) in [6, 6.07) is 8.32. The monoisotopic (exact) mass is 317 g/mol. The van der Waals surface area contributed by atoms with Crippen molar-refractivity contribution in [2.45, 2.75) is 70.6 Å². The maximum absolute atomic E-state index is 11.8. The molecule has 3 rings (SSSR count). The molecule has 0 heterocycles. The molecule has 4 nitrogen and oxygen atoms in total. The molecule has 1 aromatic carbocycles. The fourth-order valence-electron chi connectivity index (χ4n) is 4.11. The molecule has 1 aromatic rings. The predicted molar refractivity (Wildman–Crippen MR) is 89.1 cm³/mol. The van der Waals surface area contributed by atoms with Crippen LogP contribution in [0.3, 0.4) is 0 Å². The van der Waals surface area contributed by atoms with Crippen molar-refractivity contribution in [3.63, 3.8) is 0 Å². The van der Waals surface area contributed by atoms with Crippen molar-refractivity contribution in [1.29, 1.82) is 0 Å². The van der Waals surface area contributed by atoms with Gasteiger partial charge in [0.25, 0.3) is 0 Å². The molecule has 1 spiro atoms. The number of rotatable bonds is 2. The molecule has 0 saturated heterocycles. The molecule has 2 saturated carbocycles. The van der Waals surface area contributed by atoms with Crippen LogP contribution in [0.5, 0.6) is 0 Å². The molecule has 1 amide bonds. The van der Waals surface area contributed by atoms with Crippen LogP contribution in [-0.2, 0) is 10.3 Å². The highest BCUT2D eigenvalue weighted by atomic mass is 16.6. The number of aryl methyl sites for hydroxylation is 1. The zero-order valence-electron chi connectivity index (χ0n) is 14.5. The fourth-order valence-corrected chi connectivity index (χ4v) is 4.11. The molecular weight excluding hydrogens is 290 g/mol. The molecule has 2 aliphatic carbocycles. The van der Waals surface area contributed by atoms with Gasteiger partial charge < -0.3 is 15.2 Å². The van der Waals surface area contributed by atoms with E-state index in [9.17, 15) is 9.90 Å². The summed E-state index contributed by atoms with van der Waals surface area (Å²) < 4.78 is 5.29. The van der Waals surface area contributed by atoms with Crippen molar-refractivity contribution < 1.29 is 14.6 Å². The molecular formula is C19H27NO3. The second kappa shape index (κ2) is 5.23. The van der Waals surface area contributed by atoms with E-state index in [1.807, 2.05) is 45.0 Å². The first kappa shape index (κ1) is 16.3. The topological polar surface area (TPSA) is 58.6 Å². The number of hydrogen-bond donors (Lipinski definition) is 2. The number of carbonyl (C=O) groups is 1. The van der Waals surface area contributed by atoms with Crippen LogP contribution in [0.15, 0.2) is 24.3 Å². The Labute approximate surface area is 138 Å². The first-order valence-corrected chi connectivity index (χ1v) is 8.38. The number of aliphatic hydroxyl groups is 1. The average molecular weight is 317 g/mol. The first-order valence-electron chi connectivity index (χ1n) is 8.38. The molecule has 0 aliphatic heterocycles. The lowest BCUT2D eigenvalue weighted by Gasteiger charge is -2.61. The number of hydrogen-bond acceptors (Lipinski definition) is 3. The van der Waals surface area contributed by atoms with E-state index in [0.29, 0.717) is 0 Å². The van der Waals surface area contributed by atoms with E-state index in [4.69, 9.17) is 4.74 Å². The lowest BCUT2D eigenvalue weighted by molar-refractivity contribution is -0.177. The highest BCUT2D eigenvalue weighted by Gasteiger charge is 2.60. The van der Waals surface area contributed by atoms with Crippen molar-refractivity contribution in [1.82, 2.24) is 5.32 Å². The standard InChI is InChI=1S/C19H27NO3/c1-13-5-7-14(8-6-13)19(22)11-18(12-19)9-15(10-18)20-16(21)23-17(2,3)4/h5-8,15,22H,9-12H2,1-4H3,(H,20,21). The number of carbonyl (C=O) groups excluding carboxylic acids is 1. The Morgan fingerprint density at radius 1 is 1.22 bits per heavy atom. The maximum atomic E-state index is 11.8. The molecule has 0 bridgehead atoms. The molecule has 0 radical (unpaired) electrons. The Morgan fingerprint density at radius 2 is 1.78 bits per heavy atom. The average Bonchev–Trinajstić information content (AvgIpc) is 2.32. The van der Waals surface area contributed by atoms with E-state index in [1.54, 1.807) is 0 Å². The number of benzene rings is 1. The lowest BCUT2D eigenvalue weighted by Crippen LogP contribution is -2.61. The third-order valence-corrected chi connectivity index (χ3v) is 5.00. The number of amides is 1. The van der Waals surface area contributed by atoms with Gasteiger partial charge in [-0.2, -0.15) is 0 Å². The van der Waals surface area contributed by atoms with Gasteiger partial charge in [-0.1, -0.05) is 29.8 Å². The summed E-state index contributed by atoms with van der Waals surface area (Å²) in [6.07, 6.45) is 3.09.